The van der Waals surface area contributed by atoms with Crippen LogP contribution in [-0.4, -0.2) is 67.8 Å². The third kappa shape index (κ3) is 5.35. The molecule has 2 aromatic rings. The van der Waals surface area contributed by atoms with Crippen LogP contribution < -0.4 is 0 Å². The van der Waals surface area contributed by atoms with Crippen LogP contribution in [0.3, 0.4) is 0 Å². The van der Waals surface area contributed by atoms with Gasteiger partial charge in [-0.25, -0.2) is 8.42 Å². The van der Waals surface area contributed by atoms with Crippen LogP contribution in [-0.2, 0) is 24.3 Å². The number of piperidine rings is 1. The molecule has 0 radical (unpaired) electrons. The molecular weight excluding hydrogens is 492 g/mol. The first-order valence-corrected chi connectivity index (χ1v) is 14.1. The molecule has 0 aromatic heterocycles. The lowest BCUT2D eigenvalue weighted by Gasteiger charge is -2.26. The maximum atomic E-state index is 13.1. The SMILES string of the molecule is COCCN1C(=O)C(=O)/C(=C(/O)c2ccc(S(=O)(=O)N3CCCCC3)cc2)C1c1ccc(C(C)C)cc1. The lowest BCUT2D eigenvalue weighted by molar-refractivity contribution is -0.140. The number of rotatable bonds is 8. The fraction of sp³-hybridized carbons (Fsp3) is 0.429. The molecule has 1 amide bonds. The second-order valence-corrected chi connectivity index (χ2v) is 11.7. The summed E-state index contributed by atoms with van der Waals surface area (Å²) in [7, 11) is -2.12. The lowest BCUT2D eigenvalue weighted by Crippen LogP contribution is -2.35. The van der Waals surface area contributed by atoms with E-state index in [1.165, 1.54) is 40.6 Å². The van der Waals surface area contributed by atoms with Gasteiger partial charge < -0.3 is 14.7 Å². The molecule has 0 spiro atoms. The molecule has 2 saturated heterocycles. The van der Waals surface area contributed by atoms with Gasteiger partial charge in [0.25, 0.3) is 11.7 Å². The van der Waals surface area contributed by atoms with E-state index in [2.05, 4.69) is 13.8 Å². The van der Waals surface area contributed by atoms with Crippen LogP contribution in [0.1, 0.15) is 61.8 Å². The topological polar surface area (TPSA) is 104 Å². The summed E-state index contributed by atoms with van der Waals surface area (Å²) in [5.74, 6) is -1.51. The number of amides is 1. The lowest BCUT2D eigenvalue weighted by atomic mass is 9.93. The summed E-state index contributed by atoms with van der Waals surface area (Å²) in [5, 5.41) is 11.3. The number of carbonyl (C=O) groups is 2. The molecule has 2 aliphatic rings. The van der Waals surface area contributed by atoms with E-state index in [-0.39, 0.29) is 34.9 Å². The molecule has 1 unspecified atom stereocenters. The summed E-state index contributed by atoms with van der Waals surface area (Å²) < 4.78 is 32.7. The average Bonchev–Trinajstić information content (AvgIpc) is 3.17. The first-order valence-electron chi connectivity index (χ1n) is 12.6. The molecule has 8 nitrogen and oxygen atoms in total. The van der Waals surface area contributed by atoms with E-state index in [1.807, 2.05) is 24.3 Å². The third-order valence-electron chi connectivity index (χ3n) is 7.08. The normalized spacial score (nSPS) is 20.6. The van der Waals surface area contributed by atoms with Crippen molar-refractivity contribution >= 4 is 27.5 Å². The van der Waals surface area contributed by atoms with Crippen molar-refractivity contribution < 1.29 is 27.9 Å². The van der Waals surface area contributed by atoms with Gasteiger partial charge in [0.15, 0.2) is 0 Å². The second kappa shape index (κ2) is 11.2. The zero-order valence-electron chi connectivity index (χ0n) is 21.5. The zero-order valence-corrected chi connectivity index (χ0v) is 22.3. The third-order valence-corrected chi connectivity index (χ3v) is 8.99. The Labute approximate surface area is 218 Å². The van der Waals surface area contributed by atoms with Gasteiger partial charge >= 0.3 is 0 Å². The molecule has 2 aromatic carbocycles. The molecule has 1 atom stereocenters. The number of hydrogen-bond acceptors (Lipinski definition) is 6. The first-order chi connectivity index (χ1) is 17.7. The van der Waals surface area contributed by atoms with Crippen molar-refractivity contribution in [2.75, 3.05) is 33.4 Å². The maximum absolute atomic E-state index is 13.1. The van der Waals surface area contributed by atoms with Crippen molar-refractivity contribution in [1.29, 1.82) is 0 Å². The van der Waals surface area contributed by atoms with Gasteiger partial charge in [-0.3, -0.25) is 9.59 Å². The summed E-state index contributed by atoms with van der Waals surface area (Å²) in [6.45, 7) is 5.55. The molecule has 198 valence electrons. The molecule has 9 heteroatoms. The standard InChI is InChI=1S/C28H34N2O6S/c1-19(2)20-7-9-21(10-8-20)25-24(27(32)28(33)30(25)17-18-36-3)26(31)22-11-13-23(14-12-22)37(34,35)29-15-5-4-6-16-29/h7-14,19,25,31H,4-6,15-18H2,1-3H3/b26-24+. The smallest absolute Gasteiger partial charge is 0.295 e. The second-order valence-electron chi connectivity index (χ2n) is 9.80. The van der Waals surface area contributed by atoms with Crippen molar-refractivity contribution in [3.63, 3.8) is 0 Å². The Balaban J connectivity index is 1.73. The quantitative estimate of drug-likeness (QED) is 0.316. The number of nitrogens with zero attached hydrogens (tertiary/aromatic N) is 2. The van der Waals surface area contributed by atoms with Crippen molar-refractivity contribution in [3.8, 4) is 0 Å². The molecule has 2 aliphatic heterocycles. The van der Waals surface area contributed by atoms with E-state index < -0.39 is 27.8 Å². The summed E-state index contributed by atoms with van der Waals surface area (Å²) in [5.41, 5.74) is 2.06. The Morgan fingerprint density at radius 1 is 1.00 bits per heavy atom. The van der Waals surface area contributed by atoms with E-state index in [9.17, 15) is 23.1 Å². The largest absolute Gasteiger partial charge is 0.507 e. The van der Waals surface area contributed by atoms with Crippen LogP contribution in [0, 0.1) is 0 Å². The van der Waals surface area contributed by atoms with Gasteiger partial charge in [0, 0.05) is 32.3 Å². The summed E-state index contributed by atoms with van der Waals surface area (Å²) in [6, 6.07) is 12.7. The number of aliphatic hydroxyl groups is 1. The molecule has 2 heterocycles. The van der Waals surface area contributed by atoms with Crippen LogP contribution in [0.4, 0.5) is 0 Å². The Bertz CT molecular complexity index is 1280. The van der Waals surface area contributed by atoms with Crippen LogP contribution in [0.25, 0.3) is 5.76 Å². The van der Waals surface area contributed by atoms with E-state index in [1.54, 1.807) is 0 Å². The summed E-state index contributed by atoms with van der Waals surface area (Å²) in [6.07, 6.45) is 2.68. The molecule has 4 rings (SSSR count). The molecule has 0 bridgehead atoms. The van der Waals surface area contributed by atoms with E-state index in [0.717, 1.165) is 24.8 Å². The molecule has 1 N–H and O–H groups in total. The molecule has 0 saturated carbocycles. The Kier molecular flexibility index (Phi) is 8.16. The van der Waals surface area contributed by atoms with E-state index in [0.29, 0.717) is 24.6 Å². The van der Waals surface area contributed by atoms with Gasteiger partial charge in [-0.05, 0) is 54.2 Å². The molecule has 37 heavy (non-hydrogen) atoms. The zero-order chi connectivity index (χ0) is 26.7. The fourth-order valence-corrected chi connectivity index (χ4v) is 6.42. The van der Waals surface area contributed by atoms with Gasteiger partial charge in [-0.2, -0.15) is 4.31 Å². The van der Waals surface area contributed by atoms with Gasteiger partial charge in [0.2, 0.25) is 10.0 Å². The van der Waals surface area contributed by atoms with Crippen molar-refractivity contribution in [2.45, 2.75) is 50.0 Å². The van der Waals surface area contributed by atoms with Crippen LogP contribution in [0.2, 0.25) is 0 Å². The highest BCUT2D eigenvalue weighted by Gasteiger charge is 2.45. The Morgan fingerprint density at radius 3 is 2.19 bits per heavy atom. The van der Waals surface area contributed by atoms with Crippen LogP contribution in [0.5, 0.6) is 0 Å². The fourth-order valence-electron chi connectivity index (χ4n) is 4.90. The highest BCUT2D eigenvalue weighted by Crippen LogP contribution is 2.39. The van der Waals surface area contributed by atoms with Crippen LogP contribution in [0.15, 0.2) is 59.0 Å². The number of ketones is 1. The highest BCUT2D eigenvalue weighted by atomic mass is 32.2. The number of sulfonamides is 1. The van der Waals surface area contributed by atoms with Crippen molar-refractivity contribution in [2.24, 2.45) is 0 Å². The number of methoxy groups -OCH3 is 1. The van der Waals surface area contributed by atoms with Gasteiger partial charge in [0.1, 0.15) is 5.76 Å². The highest BCUT2D eigenvalue weighted by molar-refractivity contribution is 7.89. The number of benzene rings is 2. The Morgan fingerprint density at radius 2 is 1.62 bits per heavy atom. The predicted octanol–water partition coefficient (Wildman–Crippen LogP) is 4.05. The number of likely N-dealkylation sites (tertiary alicyclic amines) is 1. The number of ether oxygens (including phenoxy) is 1. The molecule has 0 aliphatic carbocycles. The van der Waals surface area contributed by atoms with Gasteiger partial charge in [-0.1, -0.05) is 44.5 Å². The minimum Gasteiger partial charge on any atom is -0.507 e. The Hall–Kier alpha value is -3.01. The summed E-state index contributed by atoms with van der Waals surface area (Å²) in [4.78, 5) is 27.6. The van der Waals surface area contributed by atoms with Crippen molar-refractivity contribution in [3.05, 3.63) is 70.8 Å². The van der Waals surface area contributed by atoms with Crippen LogP contribution >= 0.6 is 0 Å². The first kappa shape index (κ1) is 27.0. The maximum Gasteiger partial charge on any atom is 0.295 e. The van der Waals surface area contributed by atoms with Gasteiger partial charge in [-0.15, -0.1) is 0 Å². The van der Waals surface area contributed by atoms with E-state index >= 15 is 0 Å². The van der Waals surface area contributed by atoms with Crippen molar-refractivity contribution in [1.82, 2.24) is 9.21 Å². The van der Waals surface area contributed by atoms with E-state index in [4.69, 9.17) is 4.74 Å². The predicted molar refractivity (Wildman–Crippen MR) is 140 cm³/mol. The monoisotopic (exact) mass is 526 g/mol. The number of Topliss-reactive ketones (excluding diaryl/α,β-unsaturated/α-hetero) is 1. The van der Waals surface area contributed by atoms with Gasteiger partial charge in [0.05, 0.1) is 23.1 Å². The minimum absolute atomic E-state index is 0.0231. The number of hydrogen-bond donors (Lipinski definition) is 1. The number of aliphatic hydroxyl groups excluding tert-OH is 1. The number of carbonyl (C=O) groups excluding carboxylic acids is 2. The summed E-state index contributed by atoms with van der Waals surface area (Å²) >= 11 is 0. The molecular formula is C28H34N2O6S. The minimum atomic E-state index is -3.63. The molecule has 2 fully saturated rings. The average molecular weight is 527 g/mol.